The molecule has 0 fully saturated rings. The summed E-state index contributed by atoms with van der Waals surface area (Å²) < 4.78 is 5.33. The Morgan fingerprint density at radius 2 is 1.72 bits per heavy atom. The van der Waals surface area contributed by atoms with Gasteiger partial charge in [-0.2, -0.15) is 5.10 Å². The lowest BCUT2D eigenvalue weighted by Crippen LogP contribution is -2.32. The van der Waals surface area contributed by atoms with E-state index in [-0.39, 0.29) is 16.3 Å². The number of rotatable bonds is 5. The van der Waals surface area contributed by atoms with Crippen LogP contribution in [0.4, 0.5) is 5.69 Å². The molecule has 0 bridgehead atoms. The van der Waals surface area contributed by atoms with Gasteiger partial charge < -0.3 is 10.1 Å². The SMILES string of the molecule is Cc1ccccc1NC(=O)C(=O)N/N=C\c1cccc(OC(=O)c2ccc(Cl)cc2Cl)c1. The number of carbonyl (C=O) groups is 3. The number of esters is 1. The van der Waals surface area contributed by atoms with Crippen LogP contribution in [0.1, 0.15) is 21.5 Å². The van der Waals surface area contributed by atoms with Crippen molar-refractivity contribution in [1.29, 1.82) is 0 Å². The zero-order valence-electron chi connectivity index (χ0n) is 16.8. The number of para-hydroxylation sites is 1. The smallest absolute Gasteiger partial charge is 0.345 e. The molecule has 2 amide bonds. The summed E-state index contributed by atoms with van der Waals surface area (Å²) in [5.74, 6) is -2.18. The van der Waals surface area contributed by atoms with Gasteiger partial charge in [0.1, 0.15) is 5.75 Å². The van der Waals surface area contributed by atoms with E-state index in [1.165, 1.54) is 30.5 Å². The molecule has 0 saturated heterocycles. The van der Waals surface area contributed by atoms with Gasteiger partial charge in [-0.05, 0) is 54.4 Å². The number of hydrogen-bond acceptors (Lipinski definition) is 5. The predicted molar refractivity (Wildman–Crippen MR) is 123 cm³/mol. The number of anilines is 1. The monoisotopic (exact) mass is 469 g/mol. The number of hydrogen-bond donors (Lipinski definition) is 2. The van der Waals surface area contributed by atoms with Crippen LogP contribution < -0.4 is 15.5 Å². The summed E-state index contributed by atoms with van der Waals surface area (Å²) in [5, 5.41) is 6.85. The standard InChI is InChI=1S/C23H17Cl2N3O4/c1-14-5-2-3-8-20(14)27-21(29)22(30)28-26-13-15-6-4-7-17(11-15)32-23(31)18-10-9-16(24)12-19(18)25/h2-13H,1H3,(H,27,29)(H,28,30)/b26-13-. The van der Waals surface area contributed by atoms with Crippen molar-refractivity contribution in [2.75, 3.05) is 5.32 Å². The first-order valence-electron chi connectivity index (χ1n) is 9.31. The van der Waals surface area contributed by atoms with E-state index in [1.807, 2.05) is 19.1 Å². The maximum atomic E-state index is 12.3. The van der Waals surface area contributed by atoms with Gasteiger partial charge in [0.25, 0.3) is 0 Å². The Morgan fingerprint density at radius 1 is 0.938 bits per heavy atom. The van der Waals surface area contributed by atoms with E-state index >= 15 is 0 Å². The van der Waals surface area contributed by atoms with E-state index in [0.717, 1.165) is 5.56 Å². The molecule has 3 aromatic carbocycles. The molecule has 32 heavy (non-hydrogen) atoms. The Kier molecular flexibility index (Phi) is 7.59. The van der Waals surface area contributed by atoms with Crippen LogP contribution in [0.15, 0.2) is 71.8 Å². The zero-order chi connectivity index (χ0) is 23.1. The Labute approximate surface area is 194 Å². The van der Waals surface area contributed by atoms with Crippen LogP contribution >= 0.6 is 23.2 Å². The maximum absolute atomic E-state index is 12.3. The average Bonchev–Trinajstić information content (AvgIpc) is 2.75. The minimum atomic E-state index is -0.926. The van der Waals surface area contributed by atoms with E-state index < -0.39 is 17.8 Å². The molecule has 0 aliphatic heterocycles. The summed E-state index contributed by atoms with van der Waals surface area (Å²) in [6.45, 7) is 1.81. The summed E-state index contributed by atoms with van der Waals surface area (Å²) in [5.41, 5.74) is 4.20. The number of nitrogens with zero attached hydrogens (tertiary/aromatic N) is 1. The highest BCUT2D eigenvalue weighted by Crippen LogP contribution is 2.23. The van der Waals surface area contributed by atoms with Gasteiger partial charge >= 0.3 is 17.8 Å². The lowest BCUT2D eigenvalue weighted by molar-refractivity contribution is -0.136. The van der Waals surface area contributed by atoms with Gasteiger partial charge in [0.2, 0.25) is 0 Å². The van der Waals surface area contributed by atoms with Crippen molar-refractivity contribution < 1.29 is 19.1 Å². The third-order valence-corrected chi connectivity index (χ3v) is 4.75. The van der Waals surface area contributed by atoms with Crippen LogP contribution in [0.5, 0.6) is 5.75 Å². The van der Waals surface area contributed by atoms with Crippen molar-refractivity contribution in [2.45, 2.75) is 6.92 Å². The molecule has 9 heteroatoms. The number of ether oxygens (including phenoxy) is 1. The molecule has 0 aliphatic rings. The second kappa shape index (κ2) is 10.6. The minimum absolute atomic E-state index is 0.169. The number of aryl methyl sites for hydroxylation is 1. The molecule has 0 radical (unpaired) electrons. The second-order valence-corrected chi connectivity index (χ2v) is 7.40. The third-order valence-electron chi connectivity index (χ3n) is 4.20. The fourth-order valence-corrected chi connectivity index (χ4v) is 3.07. The lowest BCUT2D eigenvalue weighted by Gasteiger charge is -2.07. The van der Waals surface area contributed by atoms with Gasteiger partial charge in [-0.15, -0.1) is 0 Å². The molecule has 7 nitrogen and oxygen atoms in total. The molecule has 3 aromatic rings. The minimum Gasteiger partial charge on any atom is -0.423 e. The summed E-state index contributed by atoms with van der Waals surface area (Å²) in [6, 6.07) is 17.9. The van der Waals surface area contributed by atoms with E-state index in [2.05, 4.69) is 15.8 Å². The van der Waals surface area contributed by atoms with Crippen LogP contribution in [0.2, 0.25) is 10.0 Å². The third kappa shape index (κ3) is 6.16. The molecule has 0 spiro atoms. The van der Waals surface area contributed by atoms with E-state index in [9.17, 15) is 14.4 Å². The van der Waals surface area contributed by atoms with Gasteiger partial charge in [0, 0.05) is 10.7 Å². The number of halogens is 2. The summed E-state index contributed by atoms with van der Waals surface area (Å²) in [6.07, 6.45) is 1.31. The number of nitrogens with one attached hydrogen (secondary N) is 2. The van der Waals surface area contributed by atoms with Gasteiger partial charge in [-0.1, -0.05) is 53.5 Å². The Bertz CT molecular complexity index is 1210. The van der Waals surface area contributed by atoms with E-state index in [1.54, 1.807) is 30.3 Å². The Hall–Kier alpha value is -3.68. The summed E-state index contributed by atoms with van der Waals surface area (Å²) in [4.78, 5) is 36.3. The topological polar surface area (TPSA) is 96.9 Å². The van der Waals surface area contributed by atoms with Crippen molar-refractivity contribution in [2.24, 2.45) is 5.10 Å². The van der Waals surface area contributed by atoms with Crippen LogP contribution in [0, 0.1) is 6.92 Å². The average molecular weight is 470 g/mol. The molecular weight excluding hydrogens is 453 g/mol. The summed E-state index contributed by atoms with van der Waals surface area (Å²) in [7, 11) is 0. The van der Waals surface area contributed by atoms with Crippen LogP contribution in [-0.2, 0) is 9.59 Å². The number of hydrazone groups is 1. The fourth-order valence-electron chi connectivity index (χ4n) is 2.58. The van der Waals surface area contributed by atoms with Crippen molar-refractivity contribution in [3.05, 3.63) is 93.5 Å². The Balaban J connectivity index is 1.59. The molecule has 0 saturated carbocycles. The molecule has 0 unspecified atom stereocenters. The van der Waals surface area contributed by atoms with Crippen molar-refractivity contribution >= 4 is 52.9 Å². The molecule has 0 aliphatic carbocycles. The van der Waals surface area contributed by atoms with Gasteiger partial charge in [-0.3, -0.25) is 9.59 Å². The highest BCUT2D eigenvalue weighted by atomic mass is 35.5. The lowest BCUT2D eigenvalue weighted by atomic mass is 10.2. The first-order valence-corrected chi connectivity index (χ1v) is 10.1. The van der Waals surface area contributed by atoms with E-state index in [0.29, 0.717) is 16.3 Å². The maximum Gasteiger partial charge on any atom is 0.345 e. The number of benzene rings is 3. The first kappa shape index (κ1) is 23.0. The van der Waals surface area contributed by atoms with Crippen LogP contribution in [0.3, 0.4) is 0 Å². The zero-order valence-corrected chi connectivity index (χ0v) is 18.3. The fraction of sp³-hybridized carbons (Fsp3) is 0.0435. The first-order chi connectivity index (χ1) is 15.3. The largest absolute Gasteiger partial charge is 0.423 e. The molecule has 0 atom stereocenters. The van der Waals surface area contributed by atoms with Crippen molar-refractivity contribution in [1.82, 2.24) is 5.43 Å². The van der Waals surface area contributed by atoms with Crippen LogP contribution in [0.25, 0.3) is 0 Å². The molecule has 2 N–H and O–H groups in total. The predicted octanol–water partition coefficient (Wildman–Crippen LogP) is 4.61. The van der Waals surface area contributed by atoms with Crippen molar-refractivity contribution in [3.63, 3.8) is 0 Å². The van der Waals surface area contributed by atoms with Crippen LogP contribution in [-0.4, -0.2) is 24.0 Å². The second-order valence-electron chi connectivity index (χ2n) is 6.55. The van der Waals surface area contributed by atoms with Gasteiger partial charge in [0.05, 0.1) is 16.8 Å². The molecule has 0 aromatic heterocycles. The van der Waals surface area contributed by atoms with E-state index in [4.69, 9.17) is 27.9 Å². The molecular formula is C23H17Cl2N3O4. The molecule has 162 valence electrons. The van der Waals surface area contributed by atoms with Gasteiger partial charge in [-0.25, -0.2) is 10.2 Å². The number of amides is 2. The normalized spacial score (nSPS) is 10.6. The van der Waals surface area contributed by atoms with Crippen molar-refractivity contribution in [3.8, 4) is 5.75 Å². The molecule has 3 rings (SSSR count). The highest BCUT2D eigenvalue weighted by molar-refractivity contribution is 6.39. The Morgan fingerprint density at radius 3 is 2.47 bits per heavy atom. The number of carbonyl (C=O) groups excluding carboxylic acids is 3. The highest BCUT2D eigenvalue weighted by Gasteiger charge is 2.14. The molecule has 0 heterocycles. The quantitative estimate of drug-likeness (QED) is 0.187. The van der Waals surface area contributed by atoms with Gasteiger partial charge in [0.15, 0.2) is 0 Å². The summed E-state index contributed by atoms with van der Waals surface area (Å²) >= 11 is 11.9.